The summed E-state index contributed by atoms with van der Waals surface area (Å²) in [6.45, 7) is 12.9. The zero-order valence-corrected chi connectivity index (χ0v) is 22.0. The van der Waals surface area contributed by atoms with E-state index in [-0.39, 0.29) is 18.3 Å². The summed E-state index contributed by atoms with van der Waals surface area (Å²) in [6.07, 6.45) is 3.56. The second-order valence-corrected chi connectivity index (χ2v) is 10.7. The highest BCUT2D eigenvalue weighted by Crippen LogP contribution is 2.44. The third-order valence-corrected chi connectivity index (χ3v) is 5.90. The van der Waals surface area contributed by atoms with E-state index in [4.69, 9.17) is 24.7 Å². The monoisotopic (exact) mass is 503 g/mol. The molecule has 2 aromatic heterocycles. The molecule has 0 aliphatic carbocycles. The molecule has 198 valence electrons. The number of likely N-dealkylation sites (N-methyl/N-ethyl adjacent to an activating group) is 1. The number of aromatic nitrogens is 4. The zero-order chi connectivity index (χ0) is 26.3. The van der Waals surface area contributed by atoms with Crippen LogP contribution in [0.15, 0.2) is 18.5 Å². The molecule has 36 heavy (non-hydrogen) atoms. The molecule has 4 rings (SSSR count). The van der Waals surface area contributed by atoms with E-state index in [2.05, 4.69) is 25.2 Å². The van der Waals surface area contributed by atoms with E-state index in [1.54, 1.807) is 0 Å². The summed E-state index contributed by atoms with van der Waals surface area (Å²) in [7, 11) is 2.00. The van der Waals surface area contributed by atoms with Gasteiger partial charge in [0.1, 0.15) is 36.1 Å². The third kappa shape index (κ3) is 5.77. The molecule has 3 N–H and O–H groups in total. The van der Waals surface area contributed by atoms with Gasteiger partial charge in [-0.25, -0.2) is 19.7 Å². The minimum Gasteiger partial charge on any atom is -0.444 e. The highest BCUT2D eigenvalue weighted by atomic mass is 16.8. The van der Waals surface area contributed by atoms with Crippen LogP contribution in [0.3, 0.4) is 0 Å². The van der Waals surface area contributed by atoms with E-state index in [0.717, 1.165) is 0 Å². The predicted octanol–water partition coefficient (Wildman–Crippen LogP) is 2.15. The smallest absolute Gasteiger partial charge is 0.407 e. The second kappa shape index (κ2) is 9.92. The number of anilines is 1. The highest BCUT2D eigenvalue weighted by molar-refractivity contribution is 5.81. The van der Waals surface area contributed by atoms with E-state index < -0.39 is 23.7 Å². The number of hydrogen-bond donors (Lipinski definition) is 2. The minimum absolute atomic E-state index is 0.240. The number of amides is 1. The summed E-state index contributed by atoms with van der Waals surface area (Å²) in [5.74, 6) is 0.299. The number of rotatable bonds is 7. The Bertz CT molecular complexity index is 1130. The van der Waals surface area contributed by atoms with Crippen LogP contribution in [0, 0.1) is 6.92 Å². The summed E-state index contributed by atoms with van der Waals surface area (Å²) < 4.78 is 26.2. The first kappa shape index (κ1) is 26.3. The Morgan fingerprint density at radius 2 is 2.00 bits per heavy atom. The maximum atomic E-state index is 11.8. The van der Waals surface area contributed by atoms with E-state index in [9.17, 15) is 4.79 Å². The van der Waals surface area contributed by atoms with E-state index >= 15 is 0 Å². The molecule has 12 heteroatoms. The Kier molecular flexibility index (Phi) is 7.24. The Morgan fingerprint density at radius 1 is 1.28 bits per heavy atom. The molecule has 0 spiro atoms. The Hall–Kier alpha value is -2.80. The minimum atomic E-state index is -0.736. The van der Waals surface area contributed by atoms with Gasteiger partial charge in [0.25, 0.3) is 0 Å². The SMILES string of the molecule is Cc1nc2c(N)ncnc2n1[C@@H]1O[C@H](CN(C)C/C=C\CNC(=O)OC(C)(C)C)[C@H]2OC(C)(C)O[C@H]21. The molecule has 2 aliphatic heterocycles. The van der Waals surface area contributed by atoms with Gasteiger partial charge in [0.15, 0.2) is 29.0 Å². The maximum Gasteiger partial charge on any atom is 0.407 e. The van der Waals surface area contributed by atoms with Gasteiger partial charge < -0.3 is 34.9 Å². The molecule has 1 amide bonds. The van der Waals surface area contributed by atoms with Crippen LogP contribution in [0.5, 0.6) is 0 Å². The van der Waals surface area contributed by atoms with Gasteiger partial charge in [-0.2, -0.15) is 0 Å². The van der Waals surface area contributed by atoms with Crippen molar-refractivity contribution in [2.75, 3.05) is 32.4 Å². The van der Waals surface area contributed by atoms with Gasteiger partial charge in [0.05, 0.1) is 0 Å². The number of imidazole rings is 1. The van der Waals surface area contributed by atoms with Crippen LogP contribution >= 0.6 is 0 Å². The Balaban J connectivity index is 1.40. The number of fused-ring (bicyclic) bond motifs is 2. The second-order valence-electron chi connectivity index (χ2n) is 10.7. The first-order valence-corrected chi connectivity index (χ1v) is 12.1. The fraction of sp³-hybridized carbons (Fsp3) is 0.667. The largest absolute Gasteiger partial charge is 0.444 e. The number of alkyl carbamates (subject to hydrolysis) is 1. The van der Waals surface area contributed by atoms with Crippen LogP contribution in [-0.2, 0) is 18.9 Å². The van der Waals surface area contributed by atoms with Crippen molar-refractivity contribution in [3.05, 3.63) is 24.3 Å². The molecule has 0 radical (unpaired) electrons. The number of nitrogens with zero attached hydrogens (tertiary/aromatic N) is 5. The van der Waals surface area contributed by atoms with Crippen molar-refractivity contribution in [1.29, 1.82) is 0 Å². The van der Waals surface area contributed by atoms with Crippen LogP contribution in [0.4, 0.5) is 10.6 Å². The topological polar surface area (TPSA) is 139 Å². The quantitative estimate of drug-likeness (QED) is 0.540. The number of aryl methyl sites for hydroxylation is 1. The molecule has 2 saturated heterocycles. The highest BCUT2D eigenvalue weighted by Gasteiger charge is 2.56. The van der Waals surface area contributed by atoms with Gasteiger partial charge in [-0.3, -0.25) is 4.57 Å². The predicted molar refractivity (Wildman–Crippen MR) is 133 cm³/mol. The number of nitrogens with two attached hydrogens (primary N) is 1. The fourth-order valence-electron chi connectivity index (χ4n) is 4.53. The standard InChI is InChI=1S/C24H37N7O5/c1-14-29-16-19(25)27-13-28-20(16)31(14)21-18-17(34-24(5,6)35-18)15(33-21)12-30(7)11-9-8-10-26-22(32)36-23(2,3)4/h8-9,13,15,17-18,21H,10-12H2,1-7H3,(H,26,32)(H2,25,27,28)/b9-8-/t15-,17-,18-,21-/m1/s1. The van der Waals surface area contributed by atoms with Gasteiger partial charge >= 0.3 is 6.09 Å². The molecule has 12 nitrogen and oxygen atoms in total. The van der Waals surface area contributed by atoms with Crippen LogP contribution in [0.1, 0.15) is 46.7 Å². The lowest BCUT2D eigenvalue weighted by atomic mass is 10.1. The van der Waals surface area contributed by atoms with Gasteiger partial charge in [-0.05, 0) is 48.6 Å². The first-order chi connectivity index (χ1) is 16.8. The van der Waals surface area contributed by atoms with E-state index in [1.807, 2.05) is 65.3 Å². The summed E-state index contributed by atoms with van der Waals surface area (Å²) in [5.41, 5.74) is 6.65. The Labute approximate surface area is 211 Å². The molecule has 0 bridgehead atoms. The van der Waals surface area contributed by atoms with Crippen molar-refractivity contribution in [2.24, 2.45) is 0 Å². The molecule has 2 aliphatic rings. The fourth-order valence-corrected chi connectivity index (χ4v) is 4.53. The molecular formula is C24H37N7O5. The molecule has 2 aromatic rings. The van der Waals surface area contributed by atoms with Gasteiger partial charge in [-0.15, -0.1) is 0 Å². The average molecular weight is 504 g/mol. The van der Waals surface area contributed by atoms with E-state index in [1.165, 1.54) is 6.33 Å². The molecule has 4 atom stereocenters. The van der Waals surface area contributed by atoms with Gasteiger partial charge in [0, 0.05) is 19.6 Å². The summed E-state index contributed by atoms with van der Waals surface area (Å²) in [5, 5.41) is 2.71. The molecule has 0 saturated carbocycles. The molecule has 2 fully saturated rings. The van der Waals surface area contributed by atoms with Crippen LogP contribution < -0.4 is 11.1 Å². The van der Waals surface area contributed by atoms with Crippen molar-refractivity contribution >= 4 is 23.1 Å². The van der Waals surface area contributed by atoms with Gasteiger partial charge in [-0.1, -0.05) is 12.2 Å². The van der Waals surface area contributed by atoms with E-state index in [0.29, 0.717) is 42.4 Å². The molecule has 4 heterocycles. The maximum absolute atomic E-state index is 11.8. The normalized spacial score (nSPS) is 25.7. The van der Waals surface area contributed by atoms with Crippen LogP contribution in [0.2, 0.25) is 0 Å². The molecular weight excluding hydrogens is 466 g/mol. The number of nitrogens with one attached hydrogen (secondary N) is 1. The van der Waals surface area contributed by atoms with Crippen LogP contribution in [-0.4, -0.2) is 86.9 Å². The number of carbonyl (C=O) groups is 1. The first-order valence-electron chi connectivity index (χ1n) is 12.1. The van der Waals surface area contributed by atoms with Crippen LogP contribution in [0.25, 0.3) is 11.2 Å². The van der Waals surface area contributed by atoms with Crippen molar-refractivity contribution in [1.82, 2.24) is 29.7 Å². The number of carbonyl (C=O) groups excluding carboxylic acids is 1. The lowest BCUT2D eigenvalue weighted by Crippen LogP contribution is -2.38. The average Bonchev–Trinajstić information content (AvgIpc) is 3.35. The lowest BCUT2D eigenvalue weighted by Gasteiger charge is -2.27. The summed E-state index contributed by atoms with van der Waals surface area (Å²) in [4.78, 5) is 26.9. The van der Waals surface area contributed by atoms with Crippen molar-refractivity contribution in [3.8, 4) is 0 Å². The molecule has 0 aromatic carbocycles. The van der Waals surface area contributed by atoms with Crippen molar-refractivity contribution < 1.29 is 23.7 Å². The Morgan fingerprint density at radius 3 is 2.72 bits per heavy atom. The lowest BCUT2D eigenvalue weighted by molar-refractivity contribution is -0.197. The summed E-state index contributed by atoms with van der Waals surface area (Å²) >= 11 is 0. The number of ether oxygens (including phenoxy) is 4. The van der Waals surface area contributed by atoms with Gasteiger partial charge in [0.2, 0.25) is 0 Å². The zero-order valence-electron chi connectivity index (χ0n) is 22.0. The number of hydrogen-bond acceptors (Lipinski definition) is 10. The van der Waals surface area contributed by atoms with Crippen molar-refractivity contribution in [2.45, 2.75) is 77.5 Å². The molecule has 0 unspecified atom stereocenters. The number of nitrogen functional groups attached to an aromatic ring is 1. The summed E-state index contributed by atoms with van der Waals surface area (Å²) in [6, 6.07) is 0. The van der Waals surface area contributed by atoms with Crippen molar-refractivity contribution in [3.63, 3.8) is 0 Å². The third-order valence-electron chi connectivity index (χ3n) is 5.90.